The maximum Gasteiger partial charge on any atom is 0.338 e. The molecular formula is C27H24N2O5S. The maximum atomic E-state index is 13.7. The monoisotopic (exact) mass is 488 g/mol. The zero-order valence-corrected chi connectivity index (χ0v) is 20.4. The van der Waals surface area contributed by atoms with Gasteiger partial charge in [0, 0.05) is 5.56 Å². The molecule has 7 nitrogen and oxygen atoms in total. The van der Waals surface area contributed by atoms with E-state index in [1.165, 1.54) is 15.9 Å². The number of para-hydroxylation sites is 1. The Morgan fingerprint density at radius 2 is 1.97 bits per heavy atom. The molecule has 1 aliphatic heterocycles. The summed E-state index contributed by atoms with van der Waals surface area (Å²) in [5, 5.41) is 0. The minimum atomic E-state index is -0.733. The van der Waals surface area contributed by atoms with Gasteiger partial charge in [-0.15, -0.1) is 6.42 Å². The van der Waals surface area contributed by atoms with Crippen molar-refractivity contribution in [3.63, 3.8) is 0 Å². The summed E-state index contributed by atoms with van der Waals surface area (Å²) in [5.74, 6) is 3.12. The minimum Gasteiger partial charge on any atom is -0.496 e. The van der Waals surface area contributed by atoms with Crippen LogP contribution >= 0.6 is 11.3 Å². The molecule has 0 saturated carbocycles. The van der Waals surface area contributed by atoms with Gasteiger partial charge in [0.15, 0.2) is 4.80 Å². The molecule has 0 radical (unpaired) electrons. The smallest absolute Gasteiger partial charge is 0.338 e. The number of fused-ring (bicyclic) bond motifs is 1. The number of ether oxygens (including phenoxy) is 3. The van der Waals surface area contributed by atoms with Crippen molar-refractivity contribution in [2.75, 3.05) is 20.3 Å². The number of allylic oxidation sites excluding steroid dienone is 1. The maximum absolute atomic E-state index is 13.7. The summed E-state index contributed by atoms with van der Waals surface area (Å²) in [6.45, 7) is 3.88. The normalized spacial score (nSPS) is 15.1. The number of hydrogen-bond donors (Lipinski definition) is 0. The average Bonchev–Trinajstić information content (AvgIpc) is 3.17. The second-order valence-electron chi connectivity index (χ2n) is 7.61. The third-order valence-electron chi connectivity index (χ3n) is 5.45. The SMILES string of the molecule is C#CCOc1ccc(C=c2sc3n(c2=O)C(c2ccccc2OC)C(C(=O)OCC)=C(C)N=3)cc1. The second-order valence-corrected chi connectivity index (χ2v) is 8.62. The molecule has 0 aliphatic carbocycles. The number of hydrogen-bond acceptors (Lipinski definition) is 7. The number of benzene rings is 2. The standard InChI is InChI=1S/C27H24N2O5S/c1-5-15-34-19-13-11-18(12-14-19)16-22-25(30)29-24(20-9-7-8-10-21(20)32-4)23(26(31)33-6-2)17(3)28-27(29)35-22/h1,7-14,16,24H,6,15H2,2-4H3. The first-order valence-corrected chi connectivity index (χ1v) is 11.8. The number of esters is 1. The van der Waals surface area contributed by atoms with Crippen molar-refractivity contribution in [1.82, 2.24) is 4.57 Å². The summed E-state index contributed by atoms with van der Waals surface area (Å²) in [6.07, 6.45) is 7.02. The molecule has 0 bridgehead atoms. The van der Waals surface area contributed by atoms with Gasteiger partial charge in [-0.1, -0.05) is 47.6 Å². The predicted octanol–water partition coefficient (Wildman–Crippen LogP) is 2.82. The highest BCUT2D eigenvalue weighted by Gasteiger charge is 2.34. The summed E-state index contributed by atoms with van der Waals surface area (Å²) >= 11 is 1.26. The van der Waals surface area contributed by atoms with Gasteiger partial charge in [0.05, 0.1) is 29.5 Å². The highest BCUT2D eigenvalue weighted by molar-refractivity contribution is 7.07. The topological polar surface area (TPSA) is 79.1 Å². The fraction of sp³-hybridized carbons (Fsp3) is 0.222. The molecule has 2 heterocycles. The Bertz CT molecular complexity index is 1510. The largest absolute Gasteiger partial charge is 0.496 e. The van der Waals surface area contributed by atoms with Crippen LogP contribution in [0.1, 0.15) is 31.0 Å². The van der Waals surface area contributed by atoms with E-state index in [1.54, 1.807) is 45.2 Å². The lowest BCUT2D eigenvalue weighted by molar-refractivity contribution is -0.139. The van der Waals surface area contributed by atoms with Crippen LogP contribution in [-0.4, -0.2) is 30.9 Å². The third kappa shape index (κ3) is 4.77. The van der Waals surface area contributed by atoms with Gasteiger partial charge in [0.1, 0.15) is 24.1 Å². The number of thiazole rings is 1. The van der Waals surface area contributed by atoms with Gasteiger partial charge in [0.2, 0.25) is 0 Å². The molecule has 1 aliphatic rings. The van der Waals surface area contributed by atoms with Crippen LogP contribution in [-0.2, 0) is 9.53 Å². The molecule has 0 amide bonds. The van der Waals surface area contributed by atoms with Crippen molar-refractivity contribution in [2.24, 2.45) is 4.99 Å². The van der Waals surface area contributed by atoms with Crippen LogP contribution < -0.4 is 24.4 Å². The van der Waals surface area contributed by atoms with Crippen LogP contribution in [0.2, 0.25) is 0 Å². The van der Waals surface area contributed by atoms with Crippen molar-refractivity contribution < 1.29 is 19.0 Å². The molecule has 3 aromatic rings. The molecule has 0 fully saturated rings. The van der Waals surface area contributed by atoms with Gasteiger partial charge in [0.25, 0.3) is 5.56 Å². The molecule has 0 spiro atoms. The Labute approximate surface area is 206 Å². The number of nitrogens with zero attached hydrogens (tertiary/aromatic N) is 2. The molecule has 1 atom stereocenters. The van der Waals surface area contributed by atoms with E-state index in [4.69, 9.17) is 20.6 Å². The van der Waals surface area contributed by atoms with Crippen molar-refractivity contribution in [3.05, 3.63) is 90.6 Å². The van der Waals surface area contributed by atoms with Crippen LogP contribution in [0, 0.1) is 12.3 Å². The third-order valence-corrected chi connectivity index (χ3v) is 6.43. The highest BCUT2D eigenvalue weighted by Crippen LogP contribution is 2.35. The van der Waals surface area contributed by atoms with E-state index in [2.05, 4.69) is 10.9 Å². The fourth-order valence-corrected chi connectivity index (χ4v) is 4.96. The molecule has 0 saturated heterocycles. The molecule has 35 heavy (non-hydrogen) atoms. The van der Waals surface area contributed by atoms with Crippen molar-refractivity contribution in [2.45, 2.75) is 19.9 Å². The molecule has 1 aromatic heterocycles. The Hall–Kier alpha value is -4.09. The number of terminal acetylenes is 1. The van der Waals surface area contributed by atoms with Gasteiger partial charge in [-0.05, 0) is 43.7 Å². The molecule has 2 aromatic carbocycles. The molecule has 8 heteroatoms. The van der Waals surface area contributed by atoms with Crippen LogP contribution in [0.5, 0.6) is 11.5 Å². The molecular weight excluding hydrogens is 464 g/mol. The van der Waals surface area contributed by atoms with E-state index in [-0.39, 0.29) is 18.8 Å². The Morgan fingerprint density at radius 3 is 2.66 bits per heavy atom. The van der Waals surface area contributed by atoms with Crippen LogP contribution in [0.15, 0.2) is 69.6 Å². The van der Waals surface area contributed by atoms with Gasteiger partial charge in [-0.3, -0.25) is 9.36 Å². The van der Waals surface area contributed by atoms with E-state index >= 15 is 0 Å². The molecule has 1 unspecified atom stereocenters. The summed E-state index contributed by atoms with van der Waals surface area (Å²) in [4.78, 5) is 31.7. The summed E-state index contributed by atoms with van der Waals surface area (Å²) in [5.41, 5.74) is 2.05. The number of carbonyl (C=O) groups excluding carboxylic acids is 1. The van der Waals surface area contributed by atoms with E-state index in [9.17, 15) is 9.59 Å². The van der Waals surface area contributed by atoms with Gasteiger partial charge in [-0.2, -0.15) is 0 Å². The zero-order valence-electron chi connectivity index (χ0n) is 19.6. The lowest BCUT2D eigenvalue weighted by atomic mass is 9.95. The van der Waals surface area contributed by atoms with E-state index in [0.29, 0.717) is 37.7 Å². The summed E-state index contributed by atoms with van der Waals surface area (Å²) in [6, 6.07) is 13.9. The first kappa shape index (κ1) is 24.0. The predicted molar refractivity (Wildman–Crippen MR) is 134 cm³/mol. The molecule has 0 N–H and O–H groups in total. The zero-order chi connectivity index (χ0) is 24.9. The highest BCUT2D eigenvalue weighted by atomic mass is 32.1. The lowest BCUT2D eigenvalue weighted by Crippen LogP contribution is -2.40. The van der Waals surface area contributed by atoms with Crippen LogP contribution in [0.3, 0.4) is 0 Å². The number of rotatable bonds is 7. The Morgan fingerprint density at radius 1 is 1.23 bits per heavy atom. The lowest BCUT2D eigenvalue weighted by Gasteiger charge is -2.25. The Balaban J connectivity index is 1.88. The van der Waals surface area contributed by atoms with Crippen molar-refractivity contribution >= 4 is 23.4 Å². The molecule has 178 valence electrons. The quantitative estimate of drug-likeness (QED) is 0.378. The fourth-order valence-electron chi connectivity index (χ4n) is 3.91. The van der Waals surface area contributed by atoms with Gasteiger partial charge >= 0.3 is 5.97 Å². The van der Waals surface area contributed by atoms with Crippen molar-refractivity contribution in [1.29, 1.82) is 0 Å². The summed E-state index contributed by atoms with van der Waals surface area (Å²) in [7, 11) is 1.56. The first-order valence-electron chi connectivity index (χ1n) is 11.0. The average molecular weight is 489 g/mol. The van der Waals surface area contributed by atoms with E-state index < -0.39 is 12.0 Å². The second kappa shape index (κ2) is 10.5. The van der Waals surface area contributed by atoms with Crippen molar-refractivity contribution in [3.8, 4) is 23.8 Å². The number of aromatic nitrogens is 1. The summed E-state index contributed by atoms with van der Waals surface area (Å²) < 4.78 is 18.3. The number of methoxy groups -OCH3 is 1. The minimum absolute atomic E-state index is 0.184. The van der Waals surface area contributed by atoms with E-state index in [0.717, 1.165) is 5.56 Å². The van der Waals surface area contributed by atoms with Gasteiger partial charge in [-0.25, -0.2) is 9.79 Å². The van der Waals surface area contributed by atoms with Crippen LogP contribution in [0.25, 0.3) is 6.08 Å². The van der Waals surface area contributed by atoms with Crippen LogP contribution in [0.4, 0.5) is 0 Å². The number of carbonyl (C=O) groups is 1. The first-order chi connectivity index (χ1) is 17.0. The Kier molecular flexibility index (Phi) is 7.18. The van der Waals surface area contributed by atoms with Gasteiger partial charge < -0.3 is 14.2 Å². The van der Waals surface area contributed by atoms with E-state index in [1.807, 2.05) is 30.3 Å². The molecule has 4 rings (SSSR count).